The lowest BCUT2D eigenvalue weighted by molar-refractivity contribution is 0.507. The van der Waals surface area contributed by atoms with Crippen molar-refractivity contribution in [2.75, 3.05) is 0 Å². The fourth-order valence-corrected chi connectivity index (χ4v) is 1.27. The van der Waals surface area contributed by atoms with Crippen LogP contribution in [0.5, 0.6) is 0 Å². The van der Waals surface area contributed by atoms with Gasteiger partial charge in [-0.15, -0.1) is 0 Å². The summed E-state index contributed by atoms with van der Waals surface area (Å²) in [6.07, 6.45) is 3.37. The first-order chi connectivity index (χ1) is 6.42. The average Bonchev–Trinajstić information content (AvgIpc) is 2.76. The molecule has 1 N–H and O–H groups in total. The first-order valence-electron chi connectivity index (χ1n) is 3.98. The molecule has 1 atom stereocenters. The highest BCUT2D eigenvalue weighted by Crippen LogP contribution is 2.22. The Kier molecular flexibility index (Phi) is 1.89. The van der Waals surface area contributed by atoms with Gasteiger partial charge in [-0.25, -0.2) is 0 Å². The number of H-pyrrole nitrogens is 1. The van der Waals surface area contributed by atoms with Gasteiger partial charge in [-0.05, 0) is 24.3 Å². The third kappa shape index (κ3) is 1.34. The summed E-state index contributed by atoms with van der Waals surface area (Å²) in [7, 11) is 0. The highest BCUT2D eigenvalue weighted by Gasteiger charge is 2.16. The molecule has 2 aromatic rings. The van der Waals surface area contributed by atoms with Gasteiger partial charge >= 0.3 is 0 Å². The Labute approximate surface area is 75.6 Å². The Bertz CT molecular complexity index is 360. The zero-order valence-corrected chi connectivity index (χ0v) is 6.90. The molecule has 0 saturated carbocycles. The minimum atomic E-state index is -0.329. The molecule has 64 valence electrons. The molecule has 0 unspecified atom stereocenters. The van der Waals surface area contributed by atoms with Gasteiger partial charge in [0, 0.05) is 11.9 Å². The lowest BCUT2D eigenvalue weighted by Crippen LogP contribution is -1.95. The summed E-state index contributed by atoms with van der Waals surface area (Å²) in [5, 5.41) is 8.94. The number of furan rings is 1. The molecule has 3 heteroatoms. The van der Waals surface area contributed by atoms with Crippen LogP contribution in [0.25, 0.3) is 0 Å². The highest BCUT2D eigenvalue weighted by atomic mass is 16.3. The van der Waals surface area contributed by atoms with E-state index in [0.29, 0.717) is 5.76 Å². The van der Waals surface area contributed by atoms with E-state index in [9.17, 15) is 0 Å². The maximum absolute atomic E-state index is 8.94. The standard InChI is InChI=1S/C10H8N2O/c11-7-8(9-3-1-5-12-9)10-4-2-6-13-10/h1-6,8,12H/t8-/m1/s1. The molecule has 0 radical (unpaired) electrons. The van der Waals surface area contributed by atoms with Crippen LogP contribution in [0.2, 0.25) is 0 Å². The van der Waals surface area contributed by atoms with Gasteiger partial charge < -0.3 is 9.40 Å². The van der Waals surface area contributed by atoms with E-state index in [-0.39, 0.29) is 5.92 Å². The molecule has 0 aliphatic carbocycles. The molecule has 2 rings (SSSR count). The number of aromatic nitrogens is 1. The maximum atomic E-state index is 8.94. The summed E-state index contributed by atoms with van der Waals surface area (Å²) in [5.41, 5.74) is 0.859. The van der Waals surface area contributed by atoms with Crippen molar-refractivity contribution >= 4 is 0 Å². The van der Waals surface area contributed by atoms with E-state index in [0.717, 1.165) is 5.69 Å². The number of nitrogens with zero attached hydrogens (tertiary/aromatic N) is 1. The van der Waals surface area contributed by atoms with Crippen molar-refractivity contribution in [2.24, 2.45) is 0 Å². The van der Waals surface area contributed by atoms with Crippen LogP contribution in [0.15, 0.2) is 41.1 Å². The van der Waals surface area contributed by atoms with Gasteiger partial charge in [-0.1, -0.05) is 0 Å². The van der Waals surface area contributed by atoms with Gasteiger partial charge in [-0.2, -0.15) is 5.26 Å². The molecule has 0 bridgehead atoms. The van der Waals surface area contributed by atoms with E-state index in [2.05, 4.69) is 11.1 Å². The van der Waals surface area contributed by atoms with Crippen molar-refractivity contribution in [3.05, 3.63) is 48.2 Å². The number of hydrogen-bond donors (Lipinski definition) is 1. The number of nitriles is 1. The molecule has 0 saturated heterocycles. The molecule has 2 heterocycles. The molecule has 3 nitrogen and oxygen atoms in total. The van der Waals surface area contributed by atoms with Crippen LogP contribution >= 0.6 is 0 Å². The van der Waals surface area contributed by atoms with Crippen molar-refractivity contribution in [1.29, 1.82) is 5.26 Å². The van der Waals surface area contributed by atoms with Gasteiger partial charge in [0.05, 0.1) is 12.3 Å². The normalized spacial score (nSPS) is 12.2. The number of aromatic amines is 1. The van der Waals surface area contributed by atoms with Crippen LogP contribution in [0.3, 0.4) is 0 Å². The summed E-state index contributed by atoms with van der Waals surface area (Å²) >= 11 is 0. The zero-order valence-electron chi connectivity index (χ0n) is 6.90. The lowest BCUT2D eigenvalue weighted by atomic mass is 10.1. The summed E-state index contributed by atoms with van der Waals surface area (Å²) < 4.78 is 5.17. The summed E-state index contributed by atoms with van der Waals surface area (Å²) in [5.74, 6) is 0.343. The van der Waals surface area contributed by atoms with Crippen LogP contribution in [0.1, 0.15) is 17.4 Å². The first kappa shape index (κ1) is 7.69. The second-order valence-corrected chi connectivity index (χ2v) is 2.70. The lowest BCUT2D eigenvalue weighted by Gasteiger charge is -2.01. The molecular formula is C10H8N2O. The predicted octanol–water partition coefficient (Wildman–Crippen LogP) is 2.26. The number of hydrogen-bond acceptors (Lipinski definition) is 2. The van der Waals surface area contributed by atoms with Crippen molar-refractivity contribution < 1.29 is 4.42 Å². The quantitative estimate of drug-likeness (QED) is 0.755. The number of nitrogens with one attached hydrogen (secondary N) is 1. The maximum Gasteiger partial charge on any atom is 0.144 e. The molecule has 2 aromatic heterocycles. The van der Waals surface area contributed by atoms with E-state index in [1.54, 1.807) is 24.6 Å². The Morgan fingerprint density at radius 1 is 1.38 bits per heavy atom. The van der Waals surface area contributed by atoms with E-state index < -0.39 is 0 Å². The summed E-state index contributed by atoms with van der Waals surface area (Å²) in [6.45, 7) is 0. The van der Waals surface area contributed by atoms with Gasteiger partial charge in [0.25, 0.3) is 0 Å². The minimum Gasteiger partial charge on any atom is -0.468 e. The van der Waals surface area contributed by atoms with E-state index in [1.165, 1.54) is 0 Å². The average molecular weight is 172 g/mol. The summed E-state index contributed by atoms with van der Waals surface area (Å²) in [4.78, 5) is 2.99. The molecule has 0 spiro atoms. The Morgan fingerprint density at radius 3 is 2.85 bits per heavy atom. The van der Waals surface area contributed by atoms with E-state index in [4.69, 9.17) is 9.68 Å². The third-order valence-electron chi connectivity index (χ3n) is 1.89. The first-order valence-corrected chi connectivity index (χ1v) is 3.98. The smallest absolute Gasteiger partial charge is 0.144 e. The SMILES string of the molecule is N#C[C@H](c1ccc[nH]1)c1ccco1. The van der Waals surface area contributed by atoms with Crippen molar-refractivity contribution in [3.63, 3.8) is 0 Å². The predicted molar refractivity (Wildman–Crippen MR) is 47.0 cm³/mol. The molecule has 0 amide bonds. The van der Waals surface area contributed by atoms with Crippen LogP contribution in [-0.4, -0.2) is 4.98 Å². The molecule has 13 heavy (non-hydrogen) atoms. The molecule has 0 aromatic carbocycles. The molecule has 0 aliphatic heterocycles. The molecular weight excluding hydrogens is 164 g/mol. The highest BCUT2D eigenvalue weighted by molar-refractivity contribution is 5.28. The van der Waals surface area contributed by atoms with Crippen LogP contribution < -0.4 is 0 Å². The fourth-order valence-electron chi connectivity index (χ4n) is 1.27. The largest absolute Gasteiger partial charge is 0.468 e. The van der Waals surface area contributed by atoms with Gasteiger partial charge in [0.15, 0.2) is 0 Å². The van der Waals surface area contributed by atoms with Gasteiger partial charge in [0.1, 0.15) is 11.7 Å². The van der Waals surface area contributed by atoms with Crippen LogP contribution in [0.4, 0.5) is 0 Å². The van der Waals surface area contributed by atoms with Crippen LogP contribution in [-0.2, 0) is 0 Å². The second kappa shape index (κ2) is 3.20. The zero-order chi connectivity index (χ0) is 9.10. The topological polar surface area (TPSA) is 52.7 Å². The fraction of sp³-hybridized carbons (Fsp3) is 0.100. The number of rotatable bonds is 2. The van der Waals surface area contributed by atoms with Crippen molar-refractivity contribution in [1.82, 2.24) is 4.98 Å². The minimum absolute atomic E-state index is 0.329. The van der Waals surface area contributed by atoms with Gasteiger partial charge in [-0.3, -0.25) is 0 Å². The third-order valence-corrected chi connectivity index (χ3v) is 1.89. The van der Waals surface area contributed by atoms with E-state index in [1.807, 2.05) is 12.1 Å². The van der Waals surface area contributed by atoms with Crippen LogP contribution in [0, 0.1) is 11.3 Å². The van der Waals surface area contributed by atoms with Crippen molar-refractivity contribution in [3.8, 4) is 6.07 Å². The summed E-state index contributed by atoms with van der Waals surface area (Å²) in [6, 6.07) is 9.50. The van der Waals surface area contributed by atoms with Gasteiger partial charge in [0.2, 0.25) is 0 Å². The molecule has 0 fully saturated rings. The van der Waals surface area contributed by atoms with E-state index >= 15 is 0 Å². The monoisotopic (exact) mass is 172 g/mol. The Morgan fingerprint density at radius 2 is 2.31 bits per heavy atom. The van der Waals surface area contributed by atoms with Crippen molar-refractivity contribution in [2.45, 2.75) is 5.92 Å². The molecule has 0 aliphatic rings. The Hall–Kier alpha value is -1.95. The Balaban J connectivity index is 2.36. The second-order valence-electron chi connectivity index (χ2n) is 2.70.